The van der Waals surface area contributed by atoms with Gasteiger partial charge in [-0.1, -0.05) is 29.8 Å². The van der Waals surface area contributed by atoms with Crippen LogP contribution < -0.4 is 15.8 Å². The van der Waals surface area contributed by atoms with Crippen LogP contribution in [-0.4, -0.2) is 12.5 Å². The maximum Gasteiger partial charge on any atom is 0.253 e. The molecule has 0 bridgehead atoms. The Morgan fingerprint density at radius 1 is 1.24 bits per heavy atom. The summed E-state index contributed by atoms with van der Waals surface area (Å²) >= 11 is 6.24. The summed E-state index contributed by atoms with van der Waals surface area (Å²) < 4.78 is 5.50. The zero-order valence-corrected chi connectivity index (χ0v) is 12.3. The molecule has 5 heteroatoms. The van der Waals surface area contributed by atoms with Crippen LogP contribution in [0.5, 0.6) is 5.75 Å². The lowest BCUT2D eigenvalue weighted by atomic mass is 9.85. The van der Waals surface area contributed by atoms with Crippen molar-refractivity contribution in [2.24, 2.45) is 5.73 Å². The smallest absolute Gasteiger partial charge is 0.253 e. The normalized spacial score (nSPS) is 20.0. The molecular formula is C16H15ClN2O2. The highest BCUT2D eigenvalue weighted by Gasteiger charge is 2.46. The van der Waals surface area contributed by atoms with Gasteiger partial charge in [0, 0.05) is 21.8 Å². The van der Waals surface area contributed by atoms with Gasteiger partial charge in [0.1, 0.15) is 5.75 Å². The van der Waals surface area contributed by atoms with Gasteiger partial charge in [-0.25, -0.2) is 0 Å². The lowest BCUT2D eigenvalue weighted by molar-refractivity contribution is -0.119. The topological polar surface area (TPSA) is 64.3 Å². The number of carbonyl (C=O) groups is 1. The number of fused-ring (bicyclic) bond motifs is 1. The van der Waals surface area contributed by atoms with E-state index in [-0.39, 0.29) is 5.91 Å². The molecule has 2 aromatic carbocycles. The first-order valence-electron chi connectivity index (χ1n) is 6.70. The van der Waals surface area contributed by atoms with Crippen LogP contribution >= 0.6 is 11.6 Å². The van der Waals surface area contributed by atoms with Gasteiger partial charge in [-0.05, 0) is 31.2 Å². The van der Waals surface area contributed by atoms with Gasteiger partial charge in [0.15, 0.2) is 5.54 Å². The van der Waals surface area contributed by atoms with Crippen molar-refractivity contribution in [3.05, 3.63) is 58.6 Å². The molecule has 0 saturated heterocycles. The van der Waals surface area contributed by atoms with Crippen molar-refractivity contribution < 1.29 is 9.53 Å². The van der Waals surface area contributed by atoms with Gasteiger partial charge in [-0.2, -0.15) is 0 Å². The number of benzene rings is 2. The fourth-order valence-corrected chi connectivity index (χ4v) is 2.89. The Bertz CT molecular complexity index is 717. The van der Waals surface area contributed by atoms with E-state index in [4.69, 9.17) is 22.1 Å². The third kappa shape index (κ3) is 2.07. The second kappa shape index (κ2) is 5.06. The average molecular weight is 303 g/mol. The summed E-state index contributed by atoms with van der Waals surface area (Å²) in [6.45, 7) is 2.45. The van der Waals surface area contributed by atoms with Crippen LogP contribution in [0.3, 0.4) is 0 Å². The second-order valence-corrected chi connectivity index (χ2v) is 5.29. The molecule has 1 aliphatic heterocycles. The molecule has 0 aromatic heterocycles. The van der Waals surface area contributed by atoms with Crippen LogP contribution in [-0.2, 0) is 10.3 Å². The van der Waals surface area contributed by atoms with Crippen molar-refractivity contribution in [1.82, 2.24) is 0 Å². The van der Waals surface area contributed by atoms with Crippen molar-refractivity contribution in [3.8, 4) is 5.75 Å². The summed E-state index contributed by atoms with van der Waals surface area (Å²) in [7, 11) is 0. The number of amides is 1. The maximum absolute atomic E-state index is 12.4. The molecule has 1 atom stereocenters. The molecule has 0 radical (unpaired) electrons. The molecule has 3 rings (SSSR count). The summed E-state index contributed by atoms with van der Waals surface area (Å²) in [5.74, 6) is 0.383. The summed E-state index contributed by atoms with van der Waals surface area (Å²) in [4.78, 5) is 12.4. The van der Waals surface area contributed by atoms with Crippen LogP contribution in [0.15, 0.2) is 42.5 Å². The molecule has 2 aromatic rings. The molecule has 1 heterocycles. The Labute approximate surface area is 127 Å². The monoisotopic (exact) mass is 302 g/mol. The number of nitrogens with two attached hydrogens (primary N) is 1. The maximum atomic E-state index is 12.4. The molecule has 108 valence electrons. The van der Waals surface area contributed by atoms with Crippen LogP contribution in [0.25, 0.3) is 0 Å². The minimum absolute atomic E-state index is 0.292. The fourth-order valence-electron chi connectivity index (χ4n) is 2.61. The molecule has 1 amide bonds. The van der Waals surface area contributed by atoms with E-state index >= 15 is 0 Å². The number of anilines is 1. The first-order valence-corrected chi connectivity index (χ1v) is 7.08. The molecule has 0 saturated carbocycles. The molecule has 21 heavy (non-hydrogen) atoms. The number of halogens is 1. The second-order valence-electron chi connectivity index (χ2n) is 4.88. The van der Waals surface area contributed by atoms with Crippen LogP contribution in [0.4, 0.5) is 5.69 Å². The largest absolute Gasteiger partial charge is 0.494 e. The number of hydrogen-bond acceptors (Lipinski definition) is 3. The summed E-state index contributed by atoms with van der Waals surface area (Å²) in [6, 6.07) is 12.5. The van der Waals surface area contributed by atoms with E-state index in [0.717, 1.165) is 0 Å². The Morgan fingerprint density at radius 3 is 2.71 bits per heavy atom. The van der Waals surface area contributed by atoms with Gasteiger partial charge in [-0.3, -0.25) is 4.79 Å². The predicted molar refractivity (Wildman–Crippen MR) is 82.7 cm³/mol. The van der Waals surface area contributed by atoms with Crippen molar-refractivity contribution >= 4 is 23.2 Å². The minimum atomic E-state index is -1.30. The number of hydrogen-bond donors (Lipinski definition) is 2. The fraction of sp³-hybridized carbons (Fsp3) is 0.188. The number of carbonyl (C=O) groups excluding carboxylic acids is 1. The highest BCUT2D eigenvalue weighted by atomic mass is 35.5. The zero-order valence-electron chi connectivity index (χ0n) is 11.5. The van der Waals surface area contributed by atoms with Crippen molar-refractivity contribution in [2.45, 2.75) is 12.5 Å². The standard InChI is InChI=1S/C16H15ClN2O2/c1-2-21-10-7-8-14-12(9-10)16(18,15(20)19-14)11-5-3-4-6-13(11)17/h3-9H,2,18H2,1H3,(H,19,20). The Kier molecular flexibility index (Phi) is 3.35. The van der Waals surface area contributed by atoms with Crippen LogP contribution in [0.2, 0.25) is 5.02 Å². The summed E-state index contributed by atoms with van der Waals surface area (Å²) in [5, 5.41) is 3.27. The Balaban J connectivity index is 2.19. The lowest BCUT2D eigenvalue weighted by Crippen LogP contribution is -2.44. The first kappa shape index (κ1) is 13.9. The highest BCUT2D eigenvalue weighted by Crippen LogP contribution is 2.42. The molecule has 0 fully saturated rings. The number of rotatable bonds is 3. The van der Waals surface area contributed by atoms with E-state index in [0.29, 0.717) is 34.2 Å². The molecule has 0 aliphatic carbocycles. The molecule has 1 unspecified atom stereocenters. The zero-order chi connectivity index (χ0) is 15.0. The third-order valence-electron chi connectivity index (χ3n) is 3.63. The molecule has 1 aliphatic rings. The van der Waals surface area contributed by atoms with E-state index in [9.17, 15) is 4.79 Å². The minimum Gasteiger partial charge on any atom is -0.494 e. The van der Waals surface area contributed by atoms with Gasteiger partial charge in [0.05, 0.1) is 6.61 Å². The van der Waals surface area contributed by atoms with Gasteiger partial charge in [0.25, 0.3) is 5.91 Å². The molecule has 4 nitrogen and oxygen atoms in total. The van der Waals surface area contributed by atoms with E-state index < -0.39 is 5.54 Å². The van der Waals surface area contributed by atoms with Crippen molar-refractivity contribution in [2.75, 3.05) is 11.9 Å². The predicted octanol–water partition coefficient (Wildman–Crippen LogP) is 2.89. The SMILES string of the molecule is CCOc1ccc2c(c1)C(N)(c1ccccc1Cl)C(=O)N2. The van der Waals surface area contributed by atoms with E-state index in [2.05, 4.69) is 5.32 Å². The van der Waals surface area contributed by atoms with Crippen LogP contribution in [0.1, 0.15) is 18.1 Å². The third-order valence-corrected chi connectivity index (χ3v) is 3.96. The number of nitrogens with one attached hydrogen (secondary N) is 1. The summed E-state index contributed by atoms with van der Waals surface area (Å²) in [6.07, 6.45) is 0. The van der Waals surface area contributed by atoms with Crippen molar-refractivity contribution in [1.29, 1.82) is 0 Å². The quantitative estimate of drug-likeness (QED) is 0.916. The Hall–Kier alpha value is -2.04. The molecular weight excluding hydrogens is 288 g/mol. The number of ether oxygens (including phenoxy) is 1. The molecule has 0 spiro atoms. The van der Waals surface area contributed by atoms with E-state index in [1.807, 2.05) is 13.0 Å². The molecule has 3 N–H and O–H groups in total. The highest BCUT2D eigenvalue weighted by molar-refractivity contribution is 6.32. The van der Waals surface area contributed by atoms with E-state index in [1.54, 1.807) is 36.4 Å². The Morgan fingerprint density at radius 2 is 2.00 bits per heavy atom. The van der Waals surface area contributed by atoms with Gasteiger partial charge in [0.2, 0.25) is 0 Å². The summed E-state index contributed by atoms with van der Waals surface area (Å²) in [5.41, 5.74) is 7.08. The van der Waals surface area contributed by atoms with E-state index in [1.165, 1.54) is 0 Å². The van der Waals surface area contributed by atoms with Crippen LogP contribution in [0, 0.1) is 0 Å². The first-order chi connectivity index (χ1) is 10.1. The lowest BCUT2D eigenvalue weighted by Gasteiger charge is -2.24. The van der Waals surface area contributed by atoms with Gasteiger partial charge in [-0.15, -0.1) is 0 Å². The van der Waals surface area contributed by atoms with Gasteiger partial charge < -0.3 is 15.8 Å². The average Bonchev–Trinajstić information content (AvgIpc) is 2.73. The van der Waals surface area contributed by atoms with Crippen molar-refractivity contribution in [3.63, 3.8) is 0 Å². The van der Waals surface area contributed by atoms with Gasteiger partial charge >= 0.3 is 0 Å².